The molecule has 4 N–H and O–H groups in total. The summed E-state index contributed by atoms with van der Waals surface area (Å²) in [5.74, 6) is 1.39. The second-order valence-corrected chi connectivity index (χ2v) is 8.72. The Labute approximate surface area is 152 Å². The first-order valence-electron chi connectivity index (χ1n) is 9.56. The molecule has 2 bridgehead atoms. The molecule has 2 saturated carbocycles. The van der Waals surface area contributed by atoms with Gasteiger partial charge in [0.2, 0.25) is 0 Å². The van der Waals surface area contributed by atoms with Gasteiger partial charge in [-0.15, -0.1) is 0 Å². The zero-order valence-electron chi connectivity index (χ0n) is 14.7. The van der Waals surface area contributed by atoms with Crippen molar-refractivity contribution in [2.45, 2.75) is 61.7 Å². The average molecular weight is 359 g/mol. The minimum atomic E-state index is -0.940. The second-order valence-electron chi connectivity index (χ2n) is 8.72. The van der Waals surface area contributed by atoms with Gasteiger partial charge in [0.15, 0.2) is 23.4 Å². The number of carbonyl (C=O) groups is 1. The minimum absolute atomic E-state index is 0. The van der Waals surface area contributed by atoms with Crippen LogP contribution in [0.3, 0.4) is 0 Å². The molecule has 140 valence electrons. The molecule has 3 aliphatic carbocycles. The van der Waals surface area contributed by atoms with E-state index in [2.05, 4.69) is 4.90 Å². The number of piperidine rings is 1. The Balaban J connectivity index is 0.00000150. The topological polar surface area (TPSA) is 102 Å². The molecule has 0 aromatic heterocycles. The van der Waals surface area contributed by atoms with Crippen LogP contribution in [-0.4, -0.2) is 57.2 Å². The largest absolute Gasteiger partial charge is 0.504 e. The standard InChI is InChI=1S/C20H23NO4.H2O/c22-13-4-3-12-9-15-20(24)6-5-14(23)18-19(20,16(12)17(13)25-18)7-8-21(15)10-11-1-2-11;/h3-4,11,15,18,22,24H,1-2,5-10H2;1H2/t15-,18+,19+,20-;/m1./s1. The molecule has 1 spiro atoms. The summed E-state index contributed by atoms with van der Waals surface area (Å²) in [6.45, 7) is 1.95. The molecule has 2 aliphatic heterocycles. The van der Waals surface area contributed by atoms with Crippen LogP contribution in [0.1, 0.15) is 43.2 Å². The summed E-state index contributed by atoms with van der Waals surface area (Å²) in [6.07, 6.45) is 4.33. The number of Topliss-reactive ketones (excluding diaryl/α,β-unsaturated/α-hetero) is 1. The molecular formula is C20H25NO5. The Morgan fingerprint density at radius 1 is 1.27 bits per heavy atom. The van der Waals surface area contributed by atoms with Crippen molar-refractivity contribution in [3.63, 3.8) is 0 Å². The highest BCUT2D eigenvalue weighted by atomic mass is 16.5. The van der Waals surface area contributed by atoms with E-state index in [1.807, 2.05) is 6.07 Å². The molecule has 6 heteroatoms. The summed E-state index contributed by atoms with van der Waals surface area (Å²) in [5, 5.41) is 22.3. The lowest BCUT2D eigenvalue weighted by atomic mass is 9.49. The summed E-state index contributed by atoms with van der Waals surface area (Å²) in [7, 11) is 0. The summed E-state index contributed by atoms with van der Waals surface area (Å²) in [4.78, 5) is 15.2. The molecule has 1 aromatic carbocycles. The first-order valence-corrected chi connectivity index (χ1v) is 9.56. The zero-order valence-corrected chi connectivity index (χ0v) is 14.7. The summed E-state index contributed by atoms with van der Waals surface area (Å²) < 4.78 is 6.04. The number of ether oxygens (including phenoxy) is 1. The number of hydrogen-bond donors (Lipinski definition) is 2. The molecule has 0 amide bonds. The molecule has 1 aromatic rings. The van der Waals surface area contributed by atoms with E-state index in [4.69, 9.17) is 4.74 Å². The van der Waals surface area contributed by atoms with Gasteiger partial charge in [-0.25, -0.2) is 0 Å². The third-order valence-electron chi connectivity index (χ3n) is 7.56. The van der Waals surface area contributed by atoms with Crippen LogP contribution in [0.15, 0.2) is 12.1 Å². The number of rotatable bonds is 2. The van der Waals surface area contributed by atoms with Crippen LogP contribution in [0, 0.1) is 5.92 Å². The second kappa shape index (κ2) is 5.00. The maximum atomic E-state index is 12.7. The lowest BCUT2D eigenvalue weighted by Gasteiger charge is -2.62. The first-order chi connectivity index (χ1) is 12.0. The molecule has 1 saturated heterocycles. The van der Waals surface area contributed by atoms with Crippen LogP contribution in [0.5, 0.6) is 11.5 Å². The monoisotopic (exact) mass is 359 g/mol. The van der Waals surface area contributed by atoms with Crippen molar-refractivity contribution in [1.82, 2.24) is 4.90 Å². The SMILES string of the molecule is O.O=C1CC[C@@]2(O)[C@H]3Cc4ccc(O)c5c4[C@@]2(CCN3CC2CC2)[C@H]1O5. The molecule has 26 heavy (non-hydrogen) atoms. The number of aromatic hydroxyl groups is 1. The summed E-state index contributed by atoms with van der Waals surface area (Å²) in [6, 6.07) is 3.69. The number of benzene rings is 1. The van der Waals surface area contributed by atoms with Crippen molar-refractivity contribution in [1.29, 1.82) is 0 Å². The van der Waals surface area contributed by atoms with E-state index < -0.39 is 17.1 Å². The van der Waals surface area contributed by atoms with Crippen LogP contribution >= 0.6 is 0 Å². The number of phenolic OH excluding ortho intramolecular Hbond substituents is 1. The number of likely N-dealkylation sites (tertiary alicyclic amines) is 1. The fourth-order valence-corrected chi connectivity index (χ4v) is 6.26. The van der Waals surface area contributed by atoms with Gasteiger partial charge in [0.05, 0.1) is 11.0 Å². The maximum Gasteiger partial charge on any atom is 0.174 e. The molecule has 0 radical (unpaired) electrons. The highest BCUT2D eigenvalue weighted by Crippen LogP contribution is 2.64. The van der Waals surface area contributed by atoms with E-state index in [0.717, 1.165) is 43.0 Å². The van der Waals surface area contributed by atoms with Crippen LogP contribution in [0.25, 0.3) is 0 Å². The summed E-state index contributed by atoms with van der Waals surface area (Å²) >= 11 is 0. The Morgan fingerprint density at radius 2 is 2.08 bits per heavy atom. The van der Waals surface area contributed by atoms with Gasteiger partial charge in [0, 0.05) is 24.6 Å². The molecule has 6 nitrogen and oxygen atoms in total. The van der Waals surface area contributed by atoms with Gasteiger partial charge < -0.3 is 20.4 Å². The van der Waals surface area contributed by atoms with Gasteiger partial charge in [-0.1, -0.05) is 6.07 Å². The number of aliphatic hydroxyl groups is 1. The number of nitrogens with zero attached hydrogens (tertiary/aromatic N) is 1. The Kier molecular flexibility index (Phi) is 3.18. The summed E-state index contributed by atoms with van der Waals surface area (Å²) in [5.41, 5.74) is 0.454. The average Bonchev–Trinajstić information content (AvgIpc) is 3.32. The van der Waals surface area contributed by atoms with Gasteiger partial charge in [-0.3, -0.25) is 9.69 Å². The maximum absolute atomic E-state index is 12.7. The minimum Gasteiger partial charge on any atom is -0.504 e. The third-order valence-corrected chi connectivity index (χ3v) is 7.56. The third kappa shape index (κ3) is 1.71. The van der Waals surface area contributed by atoms with E-state index in [9.17, 15) is 15.0 Å². The molecule has 5 aliphatic rings. The van der Waals surface area contributed by atoms with Crippen molar-refractivity contribution in [3.05, 3.63) is 23.3 Å². The fourth-order valence-electron chi connectivity index (χ4n) is 6.26. The van der Waals surface area contributed by atoms with E-state index in [-0.39, 0.29) is 23.1 Å². The molecule has 0 unspecified atom stereocenters. The van der Waals surface area contributed by atoms with Crippen molar-refractivity contribution in [2.24, 2.45) is 5.92 Å². The molecular weight excluding hydrogens is 334 g/mol. The van der Waals surface area contributed by atoms with Crippen LogP contribution in [-0.2, 0) is 16.6 Å². The van der Waals surface area contributed by atoms with Crippen LogP contribution < -0.4 is 4.74 Å². The highest BCUT2D eigenvalue weighted by Gasteiger charge is 2.73. The number of phenols is 1. The van der Waals surface area contributed by atoms with Crippen molar-refractivity contribution in [2.75, 3.05) is 13.1 Å². The Hall–Kier alpha value is -1.63. The lowest BCUT2D eigenvalue weighted by molar-refractivity contribution is -0.188. The highest BCUT2D eigenvalue weighted by molar-refractivity contribution is 5.90. The van der Waals surface area contributed by atoms with Crippen molar-refractivity contribution >= 4 is 5.78 Å². The van der Waals surface area contributed by atoms with E-state index in [1.54, 1.807) is 6.07 Å². The van der Waals surface area contributed by atoms with Crippen molar-refractivity contribution < 1.29 is 25.2 Å². The van der Waals surface area contributed by atoms with Gasteiger partial charge in [0.1, 0.15) is 0 Å². The molecule has 2 heterocycles. The Morgan fingerprint density at radius 3 is 2.85 bits per heavy atom. The predicted molar refractivity (Wildman–Crippen MR) is 93.4 cm³/mol. The van der Waals surface area contributed by atoms with Gasteiger partial charge >= 0.3 is 0 Å². The van der Waals surface area contributed by atoms with Gasteiger partial charge in [-0.2, -0.15) is 0 Å². The van der Waals surface area contributed by atoms with Crippen LogP contribution in [0.2, 0.25) is 0 Å². The molecule has 4 atom stereocenters. The molecule has 6 rings (SSSR count). The lowest BCUT2D eigenvalue weighted by Crippen LogP contribution is -2.76. The number of carbonyl (C=O) groups excluding carboxylic acids is 1. The predicted octanol–water partition coefficient (Wildman–Crippen LogP) is 0.701. The zero-order chi connectivity index (χ0) is 17.0. The number of hydrogen-bond acceptors (Lipinski definition) is 5. The van der Waals surface area contributed by atoms with E-state index >= 15 is 0 Å². The first kappa shape index (κ1) is 16.5. The molecule has 3 fully saturated rings. The Bertz CT molecular complexity index is 806. The quantitative estimate of drug-likeness (QED) is 0.809. The van der Waals surface area contributed by atoms with E-state index in [1.165, 1.54) is 12.8 Å². The van der Waals surface area contributed by atoms with Crippen molar-refractivity contribution in [3.8, 4) is 11.5 Å². The van der Waals surface area contributed by atoms with Gasteiger partial charge in [0.25, 0.3) is 0 Å². The number of ketones is 1. The van der Waals surface area contributed by atoms with Crippen LogP contribution in [0.4, 0.5) is 0 Å². The normalized spacial score (nSPS) is 39.8. The fraction of sp³-hybridized carbons (Fsp3) is 0.650. The van der Waals surface area contributed by atoms with Gasteiger partial charge in [-0.05, 0) is 56.2 Å². The van der Waals surface area contributed by atoms with E-state index in [0.29, 0.717) is 18.6 Å². The smallest absolute Gasteiger partial charge is 0.174 e.